The number of halogens is 1. The van der Waals surface area contributed by atoms with Crippen LogP contribution in [-0.2, 0) is 9.47 Å². The molecule has 1 rings (SSSR count). The summed E-state index contributed by atoms with van der Waals surface area (Å²) in [5.41, 5.74) is 8.94. The SMILES string of the molecule is CC1COC(=O)O1.Cl.N=C(N)N. The fourth-order valence-corrected chi connectivity index (χ4v) is 0.418. The van der Waals surface area contributed by atoms with Gasteiger partial charge in [0.05, 0.1) is 0 Å². The van der Waals surface area contributed by atoms with Crippen molar-refractivity contribution >= 4 is 24.5 Å². The molecule has 12 heavy (non-hydrogen) atoms. The number of hydrogen-bond donors (Lipinski definition) is 3. The summed E-state index contributed by atoms with van der Waals surface area (Å²) < 4.78 is 8.90. The zero-order valence-electron chi connectivity index (χ0n) is 6.57. The minimum atomic E-state index is -0.549. The summed E-state index contributed by atoms with van der Waals surface area (Å²) in [5, 5.41) is 6.06. The zero-order chi connectivity index (χ0) is 8.85. The number of carbonyl (C=O) groups excluding carboxylic acids is 1. The Hall–Kier alpha value is -1.17. The third kappa shape index (κ3) is 8.83. The van der Waals surface area contributed by atoms with E-state index in [4.69, 9.17) is 5.41 Å². The molecule has 0 aromatic rings. The molecule has 0 radical (unpaired) electrons. The van der Waals surface area contributed by atoms with E-state index in [1.54, 1.807) is 6.92 Å². The average Bonchev–Trinajstić information content (AvgIpc) is 2.13. The molecule has 0 amide bonds. The van der Waals surface area contributed by atoms with Crippen LogP contribution in [0.1, 0.15) is 6.92 Å². The fourth-order valence-electron chi connectivity index (χ4n) is 0.418. The maximum atomic E-state index is 10.0. The van der Waals surface area contributed by atoms with Crippen molar-refractivity contribution in [3.63, 3.8) is 0 Å². The van der Waals surface area contributed by atoms with Crippen LogP contribution in [0.3, 0.4) is 0 Å². The van der Waals surface area contributed by atoms with Crippen molar-refractivity contribution in [3.05, 3.63) is 0 Å². The Kier molecular flexibility index (Phi) is 7.31. The van der Waals surface area contributed by atoms with E-state index in [9.17, 15) is 4.79 Å². The van der Waals surface area contributed by atoms with Crippen molar-refractivity contribution in [2.24, 2.45) is 11.5 Å². The van der Waals surface area contributed by atoms with Gasteiger partial charge in [0.2, 0.25) is 0 Å². The monoisotopic (exact) mass is 197 g/mol. The summed E-state index contributed by atoms with van der Waals surface area (Å²) in [7, 11) is 0. The number of ether oxygens (including phenoxy) is 2. The summed E-state index contributed by atoms with van der Waals surface area (Å²) in [6.45, 7) is 2.18. The molecule has 0 saturated carbocycles. The van der Waals surface area contributed by atoms with Crippen LogP contribution in [0, 0.1) is 5.41 Å². The Morgan fingerprint density at radius 1 is 1.67 bits per heavy atom. The Bertz CT molecular complexity index is 160. The molecule has 1 atom stereocenters. The van der Waals surface area contributed by atoms with Gasteiger partial charge in [-0.3, -0.25) is 5.41 Å². The Morgan fingerprint density at radius 3 is 2.17 bits per heavy atom. The highest BCUT2D eigenvalue weighted by Crippen LogP contribution is 2.02. The lowest BCUT2D eigenvalue weighted by atomic mass is 10.5. The molecule has 1 aliphatic rings. The number of guanidine groups is 1. The molecule has 1 fully saturated rings. The fraction of sp³-hybridized carbons (Fsp3) is 0.600. The Morgan fingerprint density at radius 2 is 2.08 bits per heavy atom. The molecule has 1 unspecified atom stereocenters. The van der Waals surface area contributed by atoms with Gasteiger partial charge >= 0.3 is 6.16 Å². The lowest BCUT2D eigenvalue weighted by Gasteiger charge is -1.90. The van der Waals surface area contributed by atoms with Crippen molar-refractivity contribution in [1.82, 2.24) is 0 Å². The van der Waals surface area contributed by atoms with Crippen molar-refractivity contribution in [1.29, 1.82) is 5.41 Å². The number of nitrogens with one attached hydrogen (secondary N) is 1. The molecule has 1 saturated heterocycles. The van der Waals surface area contributed by atoms with E-state index in [1.165, 1.54) is 0 Å². The van der Waals surface area contributed by atoms with Gasteiger partial charge in [-0.1, -0.05) is 0 Å². The second-order valence-electron chi connectivity index (χ2n) is 1.94. The van der Waals surface area contributed by atoms with Crippen LogP contribution in [0.4, 0.5) is 4.79 Å². The molecule has 0 aliphatic carbocycles. The smallest absolute Gasteiger partial charge is 0.430 e. The summed E-state index contributed by atoms with van der Waals surface area (Å²) in [6, 6.07) is 0. The van der Waals surface area contributed by atoms with Crippen LogP contribution >= 0.6 is 12.4 Å². The summed E-state index contributed by atoms with van der Waals surface area (Å²) in [5.74, 6) is -0.333. The lowest BCUT2D eigenvalue weighted by Crippen LogP contribution is -2.20. The van der Waals surface area contributed by atoms with Crippen molar-refractivity contribution < 1.29 is 14.3 Å². The largest absolute Gasteiger partial charge is 0.508 e. The topological polar surface area (TPSA) is 111 Å². The predicted molar refractivity (Wildman–Crippen MR) is 45.2 cm³/mol. The van der Waals surface area contributed by atoms with Gasteiger partial charge in [0.25, 0.3) is 0 Å². The van der Waals surface area contributed by atoms with Crippen LogP contribution in [0.2, 0.25) is 0 Å². The van der Waals surface area contributed by atoms with Gasteiger partial charge in [0.15, 0.2) is 5.96 Å². The first-order valence-corrected chi connectivity index (χ1v) is 2.95. The molecule has 1 heterocycles. The molecular formula is C5H12ClN3O3. The first-order valence-electron chi connectivity index (χ1n) is 2.95. The Labute approximate surface area is 76.1 Å². The zero-order valence-corrected chi connectivity index (χ0v) is 7.39. The highest BCUT2D eigenvalue weighted by atomic mass is 35.5. The minimum Gasteiger partial charge on any atom is -0.430 e. The van der Waals surface area contributed by atoms with Gasteiger partial charge in [-0.25, -0.2) is 4.79 Å². The first-order chi connectivity index (χ1) is 5.02. The van der Waals surface area contributed by atoms with Gasteiger partial charge in [-0.15, -0.1) is 12.4 Å². The Balaban J connectivity index is 0. The average molecular weight is 198 g/mol. The van der Waals surface area contributed by atoms with E-state index in [0.717, 1.165) is 0 Å². The molecule has 7 heteroatoms. The number of carbonyl (C=O) groups is 1. The van der Waals surface area contributed by atoms with Gasteiger partial charge in [-0.2, -0.15) is 0 Å². The van der Waals surface area contributed by atoms with Crippen LogP contribution in [0.25, 0.3) is 0 Å². The number of hydrogen-bond acceptors (Lipinski definition) is 4. The highest BCUT2D eigenvalue weighted by Gasteiger charge is 2.19. The van der Waals surface area contributed by atoms with Crippen LogP contribution in [0.15, 0.2) is 0 Å². The van der Waals surface area contributed by atoms with Gasteiger partial charge < -0.3 is 20.9 Å². The van der Waals surface area contributed by atoms with E-state index in [1.807, 2.05) is 0 Å². The molecule has 0 bridgehead atoms. The molecule has 5 N–H and O–H groups in total. The maximum Gasteiger partial charge on any atom is 0.508 e. The molecule has 1 aliphatic heterocycles. The van der Waals surface area contributed by atoms with E-state index < -0.39 is 6.16 Å². The second-order valence-corrected chi connectivity index (χ2v) is 1.94. The van der Waals surface area contributed by atoms with Gasteiger partial charge in [0, 0.05) is 0 Å². The number of cyclic esters (lactones) is 2. The summed E-state index contributed by atoms with van der Waals surface area (Å²) in [6.07, 6.45) is -0.597. The minimum absolute atomic E-state index is 0. The van der Waals surface area contributed by atoms with Crippen molar-refractivity contribution in [2.45, 2.75) is 13.0 Å². The lowest BCUT2D eigenvalue weighted by molar-refractivity contribution is 0.121. The van der Waals surface area contributed by atoms with Crippen molar-refractivity contribution in [2.75, 3.05) is 6.61 Å². The number of rotatable bonds is 0. The third-order valence-corrected chi connectivity index (χ3v) is 0.733. The molecule has 0 aromatic carbocycles. The van der Waals surface area contributed by atoms with Crippen LogP contribution in [-0.4, -0.2) is 24.8 Å². The van der Waals surface area contributed by atoms with E-state index in [2.05, 4.69) is 20.9 Å². The maximum absolute atomic E-state index is 10.0. The van der Waals surface area contributed by atoms with E-state index >= 15 is 0 Å². The van der Waals surface area contributed by atoms with Crippen LogP contribution in [0.5, 0.6) is 0 Å². The number of nitrogens with two attached hydrogens (primary N) is 2. The predicted octanol–water partition coefficient (Wildman–Crippen LogP) is -0.198. The van der Waals surface area contributed by atoms with Gasteiger partial charge in [0.1, 0.15) is 12.7 Å². The standard InChI is InChI=1S/C4H6O3.CH5N3.ClH/c1-3-2-6-4(5)7-3;2-1(3)4;/h3H,2H2,1H3;(H5,2,3,4);1H. The molecule has 72 valence electrons. The second kappa shape index (κ2) is 6.53. The molecular weight excluding hydrogens is 186 g/mol. The van der Waals surface area contributed by atoms with E-state index in [0.29, 0.717) is 6.61 Å². The molecule has 6 nitrogen and oxygen atoms in total. The third-order valence-electron chi connectivity index (χ3n) is 0.733. The normalized spacial score (nSPS) is 19.1. The molecule has 0 aromatic heterocycles. The van der Waals surface area contributed by atoms with Crippen LogP contribution < -0.4 is 11.5 Å². The first kappa shape index (κ1) is 13.4. The molecule has 0 spiro atoms. The quantitative estimate of drug-likeness (QED) is 0.283. The summed E-state index contributed by atoms with van der Waals surface area (Å²) in [4.78, 5) is 10.0. The van der Waals surface area contributed by atoms with Crippen molar-refractivity contribution in [3.8, 4) is 0 Å². The van der Waals surface area contributed by atoms with E-state index in [-0.39, 0.29) is 24.5 Å². The summed E-state index contributed by atoms with van der Waals surface area (Å²) >= 11 is 0. The highest BCUT2D eigenvalue weighted by molar-refractivity contribution is 5.85. The van der Waals surface area contributed by atoms with Gasteiger partial charge in [-0.05, 0) is 6.92 Å².